The number of fused-ring (bicyclic) bond motifs is 3. The lowest BCUT2D eigenvalue weighted by Gasteiger charge is -2.31. The zero-order chi connectivity index (χ0) is 23.6. The van der Waals surface area contributed by atoms with Crippen LogP contribution in [-0.4, -0.2) is 37.2 Å². The topological polar surface area (TPSA) is 75.6 Å². The summed E-state index contributed by atoms with van der Waals surface area (Å²) >= 11 is 0. The van der Waals surface area contributed by atoms with Gasteiger partial charge in [-0.3, -0.25) is 0 Å². The Bertz CT molecular complexity index is 1260. The number of para-hydroxylation sites is 1. The Kier molecular flexibility index (Phi) is 6.36. The average molecular weight is 478 g/mol. The molecule has 5 nitrogen and oxygen atoms in total. The third kappa shape index (κ3) is 5.29. The molecule has 1 heterocycles. The summed E-state index contributed by atoms with van der Waals surface area (Å²) in [6.45, 7) is 0.884. The maximum Gasteiger partial charge on any atom is 0.150 e. The molecule has 3 aromatic rings. The van der Waals surface area contributed by atoms with Crippen molar-refractivity contribution < 1.29 is 18.3 Å². The zero-order valence-electron chi connectivity index (χ0n) is 19.3. The molecular formula is C28H31NO4S. The van der Waals surface area contributed by atoms with Gasteiger partial charge in [0.25, 0.3) is 0 Å². The van der Waals surface area contributed by atoms with Gasteiger partial charge in [0, 0.05) is 12.2 Å². The molecule has 2 aliphatic rings. The van der Waals surface area contributed by atoms with Crippen molar-refractivity contribution in [3.05, 3.63) is 83.4 Å². The highest BCUT2D eigenvalue weighted by atomic mass is 32.2. The predicted molar refractivity (Wildman–Crippen MR) is 136 cm³/mol. The molecule has 0 amide bonds. The predicted octanol–water partition coefficient (Wildman–Crippen LogP) is 4.77. The van der Waals surface area contributed by atoms with Crippen molar-refractivity contribution in [1.29, 1.82) is 0 Å². The van der Waals surface area contributed by atoms with Crippen molar-refractivity contribution in [2.45, 2.75) is 44.2 Å². The van der Waals surface area contributed by atoms with E-state index in [-0.39, 0.29) is 31.0 Å². The van der Waals surface area contributed by atoms with Crippen LogP contribution in [0.25, 0.3) is 11.1 Å². The molecule has 5 rings (SSSR count). The molecule has 1 saturated heterocycles. The third-order valence-corrected chi connectivity index (χ3v) is 8.62. The SMILES string of the molecule is O=S1(=O)CCC(O)(COc2ccc3c(c2)CCCc2ccc(CNc4ccccc4)cc2-3)CC1. The Morgan fingerprint density at radius 3 is 2.44 bits per heavy atom. The fourth-order valence-corrected chi connectivity index (χ4v) is 6.43. The van der Waals surface area contributed by atoms with Crippen molar-refractivity contribution in [3.8, 4) is 16.9 Å². The van der Waals surface area contributed by atoms with Crippen molar-refractivity contribution in [1.82, 2.24) is 0 Å². The summed E-state index contributed by atoms with van der Waals surface area (Å²) in [5, 5.41) is 14.2. The van der Waals surface area contributed by atoms with Gasteiger partial charge in [-0.05, 0) is 90.3 Å². The van der Waals surface area contributed by atoms with Crippen LogP contribution in [-0.2, 0) is 29.2 Å². The van der Waals surface area contributed by atoms with Crippen LogP contribution in [0.4, 0.5) is 5.69 Å². The fourth-order valence-electron chi connectivity index (χ4n) is 4.84. The Labute approximate surface area is 201 Å². The number of hydrogen-bond donors (Lipinski definition) is 2. The number of benzene rings is 3. The summed E-state index contributed by atoms with van der Waals surface area (Å²) in [6, 6.07) is 23.2. The van der Waals surface area contributed by atoms with Crippen LogP contribution >= 0.6 is 0 Å². The van der Waals surface area contributed by atoms with Crippen LogP contribution in [0.1, 0.15) is 36.0 Å². The van der Waals surface area contributed by atoms with Gasteiger partial charge in [-0.1, -0.05) is 36.4 Å². The molecule has 0 radical (unpaired) electrons. The van der Waals surface area contributed by atoms with Gasteiger partial charge in [0.2, 0.25) is 0 Å². The lowest BCUT2D eigenvalue weighted by Crippen LogP contribution is -2.43. The summed E-state index contributed by atoms with van der Waals surface area (Å²) < 4.78 is 29.3. The van der Waals surface area contributed by atoms with E-state index in [4.69, 9.17) is 4.74 Å². The first-order chi connectivity index (χ1) is 16.4. The number of rotatable bonds is 6. The maximum absolute atomic E-state index is 11.7. The van der Waals surface area contributed by atoms with Gasteiger partial charge in [-0.25, -0.2) is 8.42 Å². The average Bonchev–Trinajstić information content (AvgIpc) is 3.03. The number of aryl methyl sites for hydroxylation is 2. The first-order valence-electron chi connectivity index (χ1n) is 12.0. The second-order valence-corrected chi connectivity index (χ2v) is 11.9. The van der Waals surface area contributed by atoms with Crippen LogP contribution in [0, 0.1) is 0 Å². The Morgan fingerprint density at radius 2 is 1.65 bits per heavy atom. The maximum atomic E-state index is 11.7. The zero-order valence-corrected chi connectivity index (χ0v) is 20.1. The van der Waals surface area contributed by atoms with Gasteiger partial charge in [0.1, 0.15) is 18.0 Å². The standard InChI is InChI=1S/C28H31NO4S/c30-28(13-15-34(31,32)16-14-28)20-33-25-11-12-26-23(18-25)6-4-5-22-10-9-21(17-27(22)26)19-29-24-7-2-1-3-8-24/h1-3,7-12,17-18,29-30H,4-6,13-16,19-20H2. The molecule has 34 heavy (non-hydrogen) atoms. The molecule has 0 saturated carbocycles. The first kappa shape index (κ1) is 22.9. The molecule has 6 heteroatoms. The van der Waals surface area contributed by atoms with Crippen molar-refractivity contribution in [2.24, 2.45) is 0 Å². The summed E-state index contributed by atoms with van der Waals surface area (Å²) in [5.74, 6) is 0.774. The number of nitrogens with one attached hydrogen (secondary N) is 1. The van der Waals surface area contributed by atoms with Crippen LogP contribution in [0.2, 0.25) is 0 Å². The second-order valence-electron chi connectivity index (χ2n) is 9.55. The number of aliphatic hydroxyl groups is 1. The van der Waals surface area contributed by atoms with Gasteiger partial charge in [0.15, 0.2) is 9.84 Å². The fraction of sp³-hybridized carbons (Fsp3) is 0.357. The summed E-state index contributed by atoms with van der Waals surface area (Å²) in [7, 11) is -3.02. The minimum absolute atomic E-state index is 0.0231. The normalized spacial score (nSPS) is 18.3. The van der Waals surface area contributed by atoms with Crippen LogP contribution in [0.5, 0.6) is 5.75 Å². The lowest BCUT2D eigenvalue weighted by atomic mass is 9.94. The lowest BCUT2D eigenvalue weighted by molar-refractivity contribution is -0.0128. The minimum Gasteiger partial charge on any atom is -0.491 e. The van der Waals surface area contributed by atoms with Crippen LogP contribution in [0.3, 0.4) is 0 Å². The molecule has 0 atom stereocenters. The van der Waals surface area contributed by atoms with E-state index < -0.39 is 15.4 Å². The largest absolute Gasteiger partial charge is 0.491 e. The highest BCUT2D eigenvalue weighted by molar-refractivity contribution is 7.91. The van der Waals surface area contributed by atoms with E-state index in [1.807, 2.05) is 24.3 Å². The Balaban J connectivity index is 1.32. The molecule has 1 fully saturated rings. The summed E-state index contributed by atoms with van der Waals surface area (Å²) in [6.07, 6.45) is 3.55. The monoisotopic (exact) mass is 477 g/mol. The quantitative estimate of drug-likeness (QED) is 0.535. The Hall–Kier alpha value is -2.83. The molecule has 0 spiro atoms. The molecule has 0 unspecified atom stereocenters. The summed E-state index contributed by atoms with van der Waals surface area (Å²) in [5.41, 5.74) is 6.41. The molecule has 1 aliphatic heterocycles. The van der Waals surface area contributed by atoms with E-state index in [0.717, 1.165) is 37.2 Å². The highest BCUT2D eigenvalue weighted by Gasteiger charge is 2.36. The summed E-state index contributed by atoms with van der Waals surface area (Å²) in [4.78, 5) is 0. The van der Waals surface area contributed by atoms with E-state index in [2.05, 4.69) is 47.8 Å². The van der Waals surface area contributed by atoms with Gasteiger partial charge in [-0.15, -0.1) is 0 Å². The van der Waals surface area contributed by atoms with E-state index in [9.17, 15) is 13.5 Å². The van der Waals surface area contributed by atoms with Gasteiger partial charge < -0.3 is 15.2 Å². The number of hydrogen-bond acceptors (Lipinski definition) is 5. The molecule has 0 bridgehead atoms. The highest BCUT2D eigenvalue weighted by Crippen LogP contribution is 2.36. The van der Waals surface area contributed by atoms with Gasteiger partial charge in [0.05, 0.1) is 11.5 Å². The third-order valence-electron chi connectivity index (χ3n) is 6.97. The van der Waals surface area contributed by atoms with Crippen LogP contribution in [0.15, 0.2) is 66.7 Å². The first-order valence-corrected chi connectivity index (χ1v) is 13.8. The molecule has 2 N–H and O–H groups in total. The smallest absolute Gasteiger partial charge is 0.150 e. The molecule has 0 aromatic heterocycles. The van der Waals surface area contributed by atoms with E-state index in [1.54, 1.807) is 0 Å². The number of ether oxygens (including phenoxy) is 1. The number of anilines is 1. The molecule has 3 aromatic carbocycles. The van der Waals surface area contributed by atoms with Crippen molar-refractivity contribution in [3.63, 3.8) is 0 Å². The Morgan fingerprint density at radius 1 is 0.882 bits per heavy atom. The van der Waals surface area contributed by atoms with Crippen molar-refractivity contribution in [2.75, 3.05) is 23.4 Å². The number of sulfone groups is 1. The molecule has 1 aliphatic carbocycles. The van der Waals surface area contributed by atoms with E-state index in [0.29, 0.717) is 0 Å². The molecular weight excluding hydrogens is 446 g/mol. The minimum atomic E-state index is -3.02. The van der Waals surface area contributed by atoms with Gasteiger partial charge in [-0.2, -0.15) is 0 Å². The molecule has 178 valence electrons. The van der Waals surface area contributed by atoms with Crippen LogP contribution < -0.4 is 10.1 Å². The van der Waals surface area contributed by atoms with E-state index in [1.165, 1.54) is 27.8 Å². The second kappa shape index (κ2) is 9.43. The van der Waals surface area contributed by atoms with Crippen molar-refractivity contribution >= 4 is 15.5 Å². The van der Waals surface area contributed by atoms with Gasteiger partial charge >= 0.3 is 0 Å². The van der Waals surface area contributed by atoms with E-state index >= 15 is 0 Å².